The number of furan rings is 1. The van der Waals surface area contributed by atoms with E-state index in [0.29, 0.717) is 0 Å². The predicted molar refractivity (Wildman–Crippen MR) is 37.7 cm³/mol. The summed E-state index contributed by atoms with van der Waals surface area (Å²) in [6, 6.07) is 0. The zero-order chi connectivity index (χ0) is 6.85. The quantitative estimate of drug-likeness (QED) is 0.679. The highest BCUT2D eigenvalue weighted by Crippen LogP contribution is 2.29. The number of hydrogen-bond donors (Lipinski definition) is 0. The average Bonchev–Trinajstić information content (AvgIpc) is 2.12. The van der Waals surface area contributed by atoms with Gasteiger partial charge >= 0.3 is 0 Å². The number of rotatable bonds is 1. The van der Waals surface area contributed by atoms with E-state index in [0.717, 1.165) is 16.0 Å². The highest BCUT2D eigenvalue weighted by atomic mass is 79.9. The van der Waals surface area contributed by atoms with E-state index in [-0.39, 0.29) is 0 Å². The van der Waals surface area contributed by atoms with Crippen LogP contribution in [0.3, 0.4) is 0 Å². The van der Waals surface area contributed by atoms with Crippen LogP contribution in [-0.2, 0) is 0 Å². The van der Waals surface area contributed by atoms with Crippen molar-refractivity contribution in [3.05, 3.63) is 16.5 Å². The molecule has 0 aliphatic carbocycles. The minimum absolute atomic E-state index is 0.773. The first-order valence-corrected chi connectivity index (χ1v) is 3.32. The molecule has 3 heteroatoms. The summed E-state index contributed by atoms with van der Waals surface area (Å²) in [5.74, 6) is 1.57. The largest absolute Gasteiger partial charge is 0.492 e. The summed E-state index contributed by atoms with van der Waals surface area (Å²) in [5.41, 5.74) is 0. The predicted octanol–water partition coefficient (Wildman–Crippen LogP) is 2.36. The van der Waals surface area contributed by atoms with Crippen LogP contribution >= 0.6 is 15.9 Å². The molecule has 50 valence electrons. The van der Waals surface area contributed by atoms with Crippen molar-refractivity contribution in [2.45, 2.75) is 6.92 Å². The standard InChI is InChI=1S/C6H7BrO2/c1-4-6(8-2)5(7)3-9-4/h3H,1-2H3. The summed E-state index contributed by atoms with van der Waals surface area (Å²) in [5, 5.41) is 0. The first-order valence-electron chi connectivity index (χ1n) is 2.53. The third-order valence-electron chi connectivity index (χ3n) is 1.08. The van der Waals surface area contributed by atoms with Gasteiger partial charge in [0.1, 0.15) is 12.0 Å². The Labute approximate surface area is 61.9 Å². The van der Waals surface area contributed by atoms with Gasteiger partial charge in [-0.15, -0.1) is 0 Å². The molecular formula is C6H7BrO2. The van der Waals surface area contributed by atoms with Crippen LogP contribution in [0.4, 0.5) is 0 Å². The number of methoxy groups -OCH3 is 1. The van der Waals surface area contributed by atoms with Crippen molar-refractivity contribution in [3.63, 3.8) is 0 Å². The third kappa shape index (κ3) is 1.10. The molecule has 1 heterocycles. The maximum absolute atomic E-state index is 5.01. The lowest BCUT2D eigenvalue weighted by atomic mass is 10.4. The van der Waals surface area contributed by atoms with Crippen LogP contribution in [0.25, 0.3) is 0 Å². The molecule has 0 saturated heterocycles. The van der Waals surface area contributed by atoms with Crippen LogP contribution in [0.15, 0.2) is 15.2 Å². The molecule has 0 fully saturated rings. The Balaban J connectivity index is 3.07. The van der Waals surface area contributed by atoms with Gasteiger partial charge in [-0.3, -0.25) is 0 Å². The van der Waals surface area contributed by atoms with Crippen LogP contribution in [0, 0.1) is 6.92 Å². The summed E-state index contributed by atoms with van der Waals surface area (Å²) in [4.78, 5) is 0. The number of ether oxygens (including phenoxy) is 1. The third-order valence-corrected chi connectivity index (χ3v) is 1.63. The fourth-order valence-corrected chi connectivity index (χ4v) is 1.19. The van der Waals surface area contributed by atoms with E-state index in [1.54, 1.807) is 13.4 Å². The molecule has 9 heavy (non-hydrogen) atoms. The summed E-state index contributed by atoms with van der Waals surface area (Å²) in [6.07, 6.45) is 1.61. The first-order chi connectivity index (χ1) is 4.25. The molecule has 1 aromatic rings. The fraction of sp³-hybridized carbons (Fsp3) is 0.333. The van der Waals surface area contributed by atoms with Gasteiger partial charge in [-0.05, 0) is 22.9 Å². The zero-order valence-electron chi connectivity index (χ0n) is 5.27. The molecule has 0 bridgehead atoms. The minimum atomic E-state index is 0.773. The molecule has 0 saturated carbocycles. The molecule has 0 radical (unpaired) electrons. The fourth-order valence-electron chi connectivity index (χ4n) is 0.657. The molecule has 1 rings (SSSR count). The molecule has 0 amide bonds. The first kappa shape index (κ1) is 6.68. The van der Waals surface area contributed by atoms with Gasteiger partial charge in [-0.25, -0.2) is 0 Å². The highest BCUT2D eigenvalue weighted by molar-refractivity contribution is 9.10. The molecule has 2 nitrogen and oxygen atoms in total. The van der Waals surface area contributed by atoms with Gasteiger partial charge in [0.25, 0.3) is 0 Å². The lowest BCUT2D eigenvalue weighted by Crippen LogP contribution is -1.81. The van der Waals surface area contributed by atoms with Crippen LogP contribution in [0.1, 0.15) is 5.76 Å². The van der Waals surface area contributed by atoms with Gasteiger partial charge in [0, 0.05) is 0 Å². The lowest BCUT2D eigenvalue weighted by molar-refractivity contribution is 0.396. The van der Waals surface area contributed by atoms with Crippen molar-refractivity contribution in [1.82, 2.24) is 0 Å². The molecule has 0 aliphatic rings. The molecule has 0 aliphatic heterocycles. The smallest absolute Gasteiger partial charge is 0.174 e. The van der Waals surface area contributed by atoms with Gasteiger partial charge in [0.15, 0.2) is 5.75 Å². The molecule has 0 unspecified atom stereocenters. The Bertz CT molecular complexity index is 185. The second kappa shape index (κ2) is 2.43. The summed E-state index contributed by atoms with van der Waals surface area (Å²) < 4.78 is 10.9. The second-order valence-corrected chi connectivity index (χ2v) is 2.53. The average molecular weight is 191 g/mol. The Morgan fingerprint density at radius 3 is 2.56 bits per heavy atom. The van der Waals surface area contributed by atoms with Crippen molar-refractivity contribution in [2.24, 2.45) is 0 Å². The van der Waals surface area contributed by atoms with E-state index in [2.05, 4.69) is 15.9 Å². The summed E-state index contributed by atoms with van der Waals surface area (Å²) in [7, 11) is 1.61. The number of hydrogen-bond acceptors (Lipinski definition) is 2. The minimum Gasteiger partial charge on any atom is -0.492 e. The number of aryl methyl sites for hydroxylation is 1. The highest BCUT2D eigenvalue weighted by Gasteiger charge is 2.05. The van der Waals surface area contributed by atoms with Gasteiger partial charge in [0.2, 0.25) is 0 Å². The van der Waals surface area contributed by atoms with Crippen molar-refractivity contribution < 1.29 is 9.15 Å². The van der Waals surface area contributed by atoms with E-state index in [4.69, 9.17) is 9.15 Å². The van der Waals surface area contributed by atoms with Crippen LogP contribution in [0.2, 0.25) is 0 Å². The Hall–Kier alpha value is -0.440. The van der Waals surface area contributed by atoms with Crippen LogP contribution < -0.4 is 4.74 Å². The van der Waals surface area contributed by atoms with Gasteiger partial charge in [0.05, 0.1) is 11.6 Å². The van der Waals surface area contributed by atoms with E-state index >= 15 is 0 Å². The maximum atomic E-state index is 5.01. The lowest BCUT2D eigenvalue weighted by Gasteiger charge is -1.94. The molecule has 0 spiro atoms. The van der Waals surface area contributed by atoms with E-state index in [1.165, 1.54) is 0 Å². The van der Waals surface area contributed by atoms with Gasteiger partial charge in [-0.2, -0.15) is 0 Å². The summed E-state index contributed by atoms with van der Waals surface area (Å²) >= 11 is 3.26. The van der Waals surface area contributed by atoms with Crippen molar-refractivity contribution in [2.75, 3.05) is 7.11 Å². The molecular weight excluding hydrogens is 184 g/mol. The summed E-state index contributed by atoms with van der Waals surface area (Å²) in [6.45, 7) is 1.85. The van der Waals surface area contributed by atoms with Gasteiger partial charge < -0.3 is 9.15 Å². The van der Waals surface area contributed by atoms with E-state index in [1.807, 2.05) is 6.92 Å². The normalized spacial score (nSPS) is 9.67. The Morgan fingerprint density at radius 2 is 2.33 bits per heavy atom. The SMILES string of the molecule is COc1c(Br)coc1C. The Morgan fingerprint density at radius 1 is 1.67 bits per heavy atom. The topological polar surface area (TPSA) is 22.4 Å². The van der Waals surface area contributed by atoms with Crippen molar-refractivity contribution >= 4 is 15.9 Å². The van der Waals surface area contributed by atoms with Crippen LogP contribution in [0.5, 0.6) is 5.75 Å². The molecule has 0 atom stereocenters. The molecule has 0 aromatic carbocycles. The van der Waals surface area contributed by atoms with Gasteiger partial charge in [-0.1, -0.05) is 0 Å². The van der Waals surface area contributed by atoms with Crippen LogP contribution in [-0.4, -0.2) is 7.11 Å². The molecule has 1 aromatic heterocycles. The molecule has 0 N–H and O–H groups in total. The van der Waals surface area contributed by atoms with E-state index < -0.39 is 0 Å². The number of halogens is 1. The van der Waals surface area contributed by atoms with Crippen molar-refractivity contribution in [1.29, 1.82) is 0 Å². The van der Waals surface area contributed by atoms with Crippen molar-refractivity contribution in [3.8, 4) is 5.75 Å². The Kier molecular flexibility index (Phi) is 1.81. The zero-order valence-corrected chi connectivity index (χ0v) is 6.86. The maximum Gasteiger partial charge on any atom is 0.174 e. The van der Waals surface area contributed by atoms with E-state index in [9.17, 15) is 0 Å². The second-order valence-electron chi connectivity index (χ2n) is 1.67. The monoisotopic (exact) mass is 190 g/mol.